The second kappa shape index (κ2) is 11.1. The largest absolute Gasteiger partial charge is 0.553 e. The number of hydrogen-bond donors (Lipinski definition) is 1. The molecule has 0 saturated heterocycles. The van der Waals surface area contributed by atoms with Crippen molar-refractivity contribution < 1.29 is 19.4 Å². The van der Waals surface area contributed by atoms with E-state index in [4.69, 9.17) is 0 Å². The quantitative estimate of drug-likeness (QED) is 0.290. The van der Waals surface area contributed by atoms with Gasteiger partial charge in [0.15, 0.2) is 0 Å². The summed E-state index contributed by atoms with van der Waals surface area (Å²) in [6.07, 6.45) is 7.03. The van der Waals surface area contributed by atoms with E-state index in [1.165, 1.54) is 19.3 Å². The predicted molar refractivity (Wildman–Crippen MR) is 97.9 cm³/mol. The zero-order valence-corrected chi connectivity index (χ0v) is 15.4. The number of carbonyl (C=O) groups is 2. The lowest BCUT2D eigenvalue weighted by Gasteiger charge is -2.08. The summed E-state index contributed by atoms with van der Waals surface area (Å²) >= 11 is 0. The molecule has 0 radical (unpaired) electrons. The van der Waals surface area contributed by atoms with Gasteiger partial charge >= 0.3 is 11.6 Å². The highest BCUT2D eigenvalue weighted by molar-refractivity contribution is 6.27. The first kappa shape index (κ1) is 22.3. The fraction of sp³-hybridized carbons (Fsp3) is 0.750. The number of aliphatic imine (C=N–C) groups is 2. The zero-order valence-electron chi connectivity index (χ0n) is 15.4. The van der Waals surface area contributed by atoms with Crippen LogP contribution in [-0.4, -0.2) is 45.9 Å². The van der Waals surface area contributed by atoms with Gasteiger partial charge in [0.2, 0.25) is 5.91 Å². The van der Waals surface area contributed by atoms with Crippen LogP contribution in [0.1, 0.15) is 64.7 Å². The molecule has 0 aromatic heterocycles. The number of hydrogen-bond acceptors (Lipinski definition) is 8. The van der Waals surface area contributed by atoms with E-state index in [9.17, 15) is 29.8 Å². The van der Waals surface area contributed by atoms with E-state index < -0.39 is 27.3 Å². The Labute approximate surface area is 156 Å². The number of amidine groups is 1. The Morgan fingerprint density at radius 3 is 2.33 bits per heavy atom. The van der Waals surface area contributed by atoms with E-state index in [0.29, 0.717) is 12.8 Å². The highest BCUT2D eigenvalue weighted by atomic mass is 16.6. The molecular formula is C16H25N5O6. The van der Waals surface area contributed by atoms with Gasteiger partial charge in [0, 0.05) is 24.4 Å². The van der Waals surface area contributed by atoms with E-state index in [1.54, 1.807) is 0 Å². The summed E-state index contributed by atoms with van der Waals surface area (Å²) in [5, 5.41) is 24.5. The Morgan fingerprint density at radius 1 is 1.07 bits per heavy atom. The summed E-state index contributed by atoms with van der Waals surface area (Å²) < 4.78 is 0. The van der Waals surface area contributed by atoms with Crippen LogP contribution in [0.3, 0.4) is 0 Å². The van der Waals surface area contributed by atoms with Gasteiger partial charge in [-0.1, -0.05) is 39.0 Å². The van der Waals surface area contributed by atoms with Crippen molar-refractivity contribution in [3.05, 3.63) is 20.2 Å². The third-order valence-electron chi connectivity index (χ3n) is 4.11. The van der Waals surface area contributed by atoms with Crippen LogP contribution < -0.4 is 5.32 Å². The maximum Gasteiger partial charge on any atom is 0.553 e. The van der Waals surface area contributed by atoms with Crippen molar-refractivity contribution in [3.8, 4) is 0 Å². The molecule has 1 rings (SSSR count). The van der Waals surface area contributed by atoms with Gasteiger partial charge < -0.3 is 15.4 Å². The Morgan fingerprint density at radius 2 is 1.74 bits per heavy atom. The first-order chi connectivity index (χ1) is 12.8. The molecule has 0 aromatic rings. The van der Waals surface area contributed by atoms with E-state index in [2.05, 4.69) is 22.2 Å². The summed E-state index contributed by atoms with van der Waals surface area (Å²) in [5.41, 5.74) is 0. The molecule has 27 heavy (non-hydrogen) atoms. The third kappa shape index (κ3) is 6.83. The summed E-state index contributed by atoms with van der Waals surface area (Å²) in [6, 6.07) is 0. The van der Waals surface area contributed by atoms with E-state index in [0.717, 1.165) is 19.3 Å². The van der Waals surface area contributed by atoms with Crippen LogP contribution in [0, 0.1) is 20.2 Å². The topological polar surface area (TPSA) is 157 Å². The molecule has 1 atom stereocenters. The molecule has 11 heteroatoms. The minimum Gasteiger partial charge on any atom is -0.358 e. The minimum absolute atomic E-state index is 0.0326. The van der Waals surface area contributed by atoms with Crippen molar-refractivity contribution in [1.29, 1.82) is 0 Å². The number of amides is 1. The van der Waals surface area contributed by atoms with E-state index in [-0.39, 0.29) is 25.2 Å². The summed E-state index contributed by atoms with van der Waals surface area (Å²) in [4.78, 5) is 50.2. The Bertz CT molecular complexity index is 633. The fourth-order valence-electron chi connectivity index (χ4n) is 2.58. The van der Waals surface area contributed by atoms with Crippen molar-refractivity contribution in [1.82, 2.24) is 5.32 Å². The smallest absolute Gasteiger partial charge is 0.358 e. The number of carbonyl (C=O) groups excluding carboxylic acids is 2. The number of Topliss-reactive ketones (excluding diaryl/α,β-unsaturated/α-hetero) is 1. The van der Waals surface area contributed by atoms with Gasteiger partial charge in [-0.25, -0.2) is 0 Å². The molecule has 11 nitrogen and oxygen atoms in total. The zero-order chi connectivity index (χ0) is 20.3. The summed E-state index contributed by atoms with van der Waals surface area (Å²) in [7, 11) is 0. The van der Waals surface area contributed by atoms with Crippen molar-refractivity contribution in [3.63, 3.8) is 0 Å². The predicted octanol–water partition coefficient (Wildman–Crippen LogP) is 1.89. The van der Waals surface area contributed by atoms with Crippen LogP contribution in [0.2, 0.25) is 0 Å². The Hall–Kier alpha value is -2.72. The molecule has 0 aromatic carbocycles. The molecule has 1 unspecified atom stereocenters. The normalized spacial score (nSPS) is 18.2. The van der Waals surface area contributed by atoms with Crippen LogP contribution in [0.5, 0.6) is 0 Å². The van der Waals surface area contributed by atoms with Gasteiger partial charge in [0.25, 0.3) is 5.78 Å². The van der Waals surface area contributed by atoms with Gasteiger partial charge in [0.1, 0.15) is 11.1 Å². The molecule has 1 aliphatic heterocycles. The Kier molecular flexibility index (Phi) is 9.17. The molecule has 1 heterocycles. The number of unbranched alkanes of at least 4 members (excludes halogenated alkanes) is 5. The number of nitro groups is 2. The van der Waals surface area contributed by atoms with E-state index in [1.807, 2.05) is 0 Å². The van der Waals surface area contributed by atoms with Crippen LogP contribution in [0.15, 0.2) is 9.98 Å². The average Bonchev–Trinajstić information content (AvgIpc) is 3.08. The van der Waals surface area contributed by atoms with Gasteiger partial charge in [0.05, 0.1) is 0 Å². The first-order valence-corrected chi connectivity index (χ1v) is 9.07. The molecule has 0 spiro atoms. The summed E-state index contributed by atoms with van der Waals surface area (Å²) in [6.45, 7) is 2.70. The molecule has 0 fully saturated rings. The lowest BCUT2D eigenvalue weighted by molar-refractivity contribution is -0.548. The number of rotatable bonds is 13. The van der Waals surface area contributed by atoms with Gasteiger partial charge in [-0.3, -0.25) is 19.7 Å². The van der Waals surface area contributed by atoms with Gasteiger partial charge in [-0.2, -0.15) is 4.99 Å². The molecule has 150 valence electrons. The van der Waals surface area contributed by atoms with Crippen LogP contribution >= 0.6 is 0 Å². The van der Waals surface area contributed by atoms with Crippen LogP contribution in [0.4, 0.5) is 0 Å². The maximum atomic E-state index is 12.1. The Balaban J connectivity index is 2.33. The monoisotopic (exact) mass is 383 g/mol. The number of nitrogens with one attached hydrogen (secondary N) is 1. The highest BCUT2D eigenvalue weighted by Crippen LogP contribution is 2.22. The third-order valence-corrected chi connectivity index (χ3v) is 4.11. The molecule has 1 aliphatic rings. The molecule has 0 bridgehead atoms. The van der Waals surface area contributed by atoms with Crippen LogP contribution in [0.25, 0.3) is 0 Å². The van der Waals surface area contributed by atoms with Gasteiger partial charge in [-0.15, -0.1) is 0 Å². The second-order valence-corrected chi connectivity index (χ2v) is 6.27. The lowest BCUT2D eigenvalue weighted by Crippen LogP contribution is -2.42. The molecule has 1 N–H and O–H groups in total. The van der Waals surface area contributed by atoms with Crippen molar-refractivity contribution >= 4 is 23.7 Å². The highest BCUT2D eigenvalue weighted by Gasteiger charge is 2.60. The molecular weight excluding hydrogens is 358 g/mol. The van der Waals surface area contributed by atoms with Crippen molar-refractivity contribution in [2.45, 2.75) is 70.5 Å². The fourth-order valence-corrected chi connectivity index (χ4v) is 2.58. The first-order valence-electron chi connectivity index (χ1n) is 9.07. The summed E-state index contributed by atoms with van der Waals surface area (Å²) in [5.74, 6) is -4.76. The number of nitrogens with zero attached hydrogens (tertiary/aromatic N) is 4. The molecule has 0 saturated carbocycles. The van der Waals surface area contributed by atoms with Crippen molar-refractivity contribution in [2.75, 3.05) is 6.54 Å². The second-order valence-electron chi connectivity index (χ2n) is 6.27. The lowest BCUT2D eigenvalue weighted by atomic mass is 10.1. The van der Waals surface area contributed by atoms with E-state index >= 15 is 0 Å². The van der Waals surface area contributed by atoms with Gasteiger partial charge in [-0.05, 0) is 17.8 Å². The standard InChI is InChI=1S/C16H25N5O6/c1-2-3-4-5-6-7-11-17-15(23)10-8-9-13(22)16(21(26)27)18-12-14(19-16)20(24)25/h12H,2-11H2,1H3,(H,17,23). The average molecular weight is 383 g/mol. The molecule has 1 amide bonds. The minimum atomic E-state index is -2.70. The van der Waals surface area contributed by atoms with Crippen molar-refractivity contribution in [2.24, 2.45) is 9.98 Å². The SMILES string of the molecule is CCCCCCCCNC(=O)CCCC(=O)C1([N+](=O)[O-])N=CC([N+](=O)[O-])=N1. The maximum absolute atomic E-state index is 12.1. The number of ketones is 1. The van der Waals surface area contributed by atoms with Crippen LogP contribution in [-0.2, 0) is 9.59 Å². The molecule has 0 aliphatic carbocycles.